The van der Waals surface area contributed by atoms with Gasteiger partial charge in [0.25, 0.3) is 0 Å². The van der Waals surface area contributed by atoms with Crippen molar-refractivity contribution in [3.05, 3.63) is 18.0 Å². The van der Waals surface area contributed by atoms with E-state index in [0.717, 1.165) is 0 Å². The molecule has 1 aliphatic heterocycles. The first-order valence-electron chi connectivity index (χ1n) is 4.45. The summed E-state index contributed by atoms with van der Waals surface area (Å²) in [6.07, 6.45) is 3.88. The number of rotatable bonds is 2. The molecule has 1 N–H and O–H groups in total. The van der Waals surface area contributed by atoms with Crippen molar-refractivity contribution in [1.82, 2.24) is 9.78 Å². The molecule has 1 aromatic heterocycles. The molecule has 1 unspecified atom stereocenters. The maximum Gasteiger partial charge on any atom is 0.152 e. The molecule has 78 valence electrons. The fourth-order valence-electron chi connectivity index (χ4n) is 1.64. The van der Waals surface area contributed by atoms with Crippen LogP contribution in [0.3, 0.4) is 0 Å². The minimum atomic E-state index is -2.86. The van der Waals surface area contributed by atoms with E-state index >= 15 is 0 Å². The van der Waals surface area contributed by atoms with Crippen LogP contribution in [-0.2, 0) is 16.4 Å². The lowest BCUT2D eigenvalue weighted by atomic mass is 10.3. The van der Waals surface area contributed by atoms with Gasteiger partial charge in [0.2, 0.25) is 0 Å². The molecular weight excluding hydrogens is 204 g/mol. The smallest absolute Gasteiger partial charge is 0.152 e. The quantitative estimate of drug-likeness (QED) is 0.739. The van der Waals surface area contributed by atoms with Gasteiger partial charge in [-0.15, -0.1) is 0 Å². The Morgan fingerprint density at radius 2 is 2.43 bits per heavy atom. The van der Waals surface area contributed by atoms with E-state index < -0.39 is 9.84 Å². The van der Waals surface area contributed by atoms with Gasteiger partial charge in [-0.2, -0.15) is 5.10 Å². The van der Waals surface area contributed by atoms with Crippen molar-refractivity contribution in [2.75, 3.05) is 11.5 Å². The third-order valence-corrected chi connectivity index (χ3v) is 4.17. The van der Waals surface area contributed by atoms with E-state index in [1.54, 1.807) is 17.1 Å². The molecule has 0 saturated carbocycles. The van der Waals surface area contributed by atoms with Crippen LogP contribution >= 0.6 is 0 Å². The maximum absolute atomic E-state index is 11.2. The number of hydrogen-bond acceptors (Lipinski definition) is 4. The lowest BCUT2D eigenvalue weighted by molar-refractivity contribution is 0.281. The third kappa shape index (κ3) is 1.80. The van der Waals surface area contributed by atoms with E-state index in [2.05, 4.69) is 5.10 Å². The van der Waals surface area contributed by atoms with Gasteiger partial charge in [-0.25, -0.2) is 8.42 Å². The van der Waals surface area contributed by atoms with Crippen LogP contribution in [0.1, 0.15) is 18.0 Å². The Balaban J connectivity index is 2.17. The first-order valence-corrected chi connectivity index (χ1v) is 6.27. The van der Waals surface area contributed by atoms with E-state index in [-0.39, 0.29) is 24.2 Å². The van der Waals surface area contributed by atoms with Crippen molar-refractivity contribution in [2.24, 2.45) is 0 Å². The van der Waals surface area contributed by atoms with Crippen LogP contribution in [0.5, 0.6) is 0 Å². The predicted octanol–water partition coefficient (Wildman–Crippen LogP) is -0.265. The molecule has 2 heterocycles. The minimum absolute atomic E-state index is 0.0553. The van der Waals surface area contributed by atoms with E-state index in [1.807, 2.05) is 0 Å². The van der Waals surface area contributed by atoms with E-state index in [9.17, 15) is 8.42 Å². The fraction of sp³-hybridized carbons (Fsp3) is 0.625. The largest absolute Gasteiger partial charge is 0.392 e. The Morgan fingerprint density at radius 3 is 2.93 bits per heavy atom. The molecule has 0 bridgehead atoms. The van der Waals surface area contributed by atoms with Crippen molar-refractivity contribution >= 4 is 9.84 Å². The lowest BCUT2D eigenvalue weighted by Crippen LogP contribution is -2.11. The van der Waals surface area contributed by atoms with Crippen molar-refractivity contribution < 1.29 is 13.5 Å². The molecular formula is C8H12N2O3S. The standard InChI is InChI=1S/C8H12N2O3S/c11-5-7-3-9-10(4-7)8-1-2-14(12,13)6-8/h3-4,8,11H,1-2,5-6H2. The lowest BCUT2D eigenvalue weighted by Gasteiger charge is -2.06. The van der Waals surface area contributed by atoms with Gasteiger partial charge in [-0.05, 0) is 6.42 Å². The Bertz CT molecular complexity index is 424. The van der Waals surface area contributed by atoms with Crippen LogP contribution in [0.2, 0.25) is 0 Å². The van der Waals surface area contributed by atoms with Crippen molar-refractivity contribution in [3.8, 4) is 0 Å². The highest BCUT2D eigenvalue weighted by atomic mass is 32.2. The average molecular weight is 216 g/mol. The van der Waals surface area contributed by atoms with Gasteiger partial charge < -0.3 is 5.11 Å². The van der Waals surface area contributed by atoms with Crippen LogP contribution in [0.4, 0.5) is 0 Å². The maximum atomic E-state index is 11.2. The van der Waals surface area contributed by atoms with E-state index in [1.165, 1.54) is 0 Å². The van der Waals surface area contributed by atoms with Gasteiger partial charge in [0.1, 0.15) is 0 Å². The zero-order valence-electron chi connectivity index (χ0n) is 7.63. The van der Waals surface area contributed by atoms with E-state index in [4.69, 9.17) is 5.11 Å². The summed E-state index contributed by atoms with van der Waals surface area (Å²) in [5.41, 5.74) is 0.717. The molecule has 2 rings (SSSR count). The molecule has 1 aromatic rings. The topological polar surface area (TPSA) is 72.2 Å². The molecule has 5 nitrogen and oxygen atoms in total. The normalized spacial score (nSPS) is 25.4. The highest BCUT2D eigenvalue weighted by Gasteiger charge is 2.29. The first-order chi connectivity index (χ1) is 6.61. The van der Waals surface area contributed by atoms with Crippen LogP contribution < -0.4 is 0 Å². The summed E-state index contributed by atoms with van der Waals surface area (Å²) < 4.78 is 24.0. The molecule has 1 fully saturated rings. The summed E-state index contributed by atoms with van der Waals surface area (Å²) in [6.45, 7) is -0.0561. The zero-order chi connectivity index (χ0) is 10.2. The number of aliphatic hydroxyl groups excluding tert-OH is 1. The highest BCUT2D eigenvalue weighted by Crippen LogP contribution is 2.22. The Kier molecular flexibility index (Phi) is 2.32. The second-order valence-corrected chi connectivity index (χ2v) is 5.77. The summed E-state index contributed by atoms with van der Waals surface area (Å²) in [5.74, 6) is 0.408. The molecule has 1 saturated heterocycles. The SMILES string of the molecule is O=S1(=O)CCC(n2cc(CO)cn2)C1. The van der Waals surface area contributed by atoms with Gasteiger partial charge in [-0.3, -0.25) is 4.68 Å². The zero-order valence-corrected chi connectivity index (χ0v) is 8.44. The molecule has 0 radical (unpaired) electrons. The predicted molar refractivity (Wildman–Crippen MR) is 50.5 cm³/mol. The molecule has 0 aliphatic carbocycles. The number of sulfone groups is 1. The summed E-state index contributed by atoms with van der Waals surface area (Å²) in [7, 11) is -2.86. The highest BCUT2D eigenvalue weighted by molar-refractivity contribution is 7.91. The Labute approximate surface area is 82.3 Å². The molecule has 0 aromatic carbocycles. The van der Waals surface area contributed by atoms with Crippen molar-refractivity contribution in [3.63, 3.8) is 0 Å². The van der Waals surface area contributed by atoms with Gasteiger partial charge in [-0.1, -0.05) is 0 Å². The monoisotopic (exact) mass is 216 g/mol. The molecule has 1 atom stereocenters. The minimum Gasteiger partial charge on any atom is -0.392 e. The van der Waals surface area contributed by atoms with Crippen LogP contribution in [0.25, 0.3) is 0 Å². The van der Waals surface area contributed by atoms with Crippen LogP contribution in [-0.4, -0.2) is 34.8 Å². The van der Waals surface area contributed by atoms with Gasteiger partial charge in [0.05, 0.1) is 30.4 Å². The Hall–Kier alpha value is -0.880. The molecule has 1 aliphatic rings. The number of hydrogen-bond donors (Lipinski definition) is 1. The first kappa shape index (κ1) is 9.67. The fourth-order valence-corrected chi connectivity index (χ4v) is 3.35. The summed E-state index contributed by atoms with van der Waals surface area (Å²) in [5, 5.41) is 12.9. The summed E-state index contributed by atoms with van der Waals surface area (Å²) in [4.78, 5) is 0. The van der Waals surface area contributed by atoms with E-state index in [0.29, 0.717) is 12.0 Å². The Morgan fingerprint density at radius 1 is 1.64 bits per heavy atom. The number of aliphatic hydroxyl groups is 1. The molecule has 0 amide bonds. The number of nitrogens with zero attached hydrogens (tertiary/aromatic N) is 2. The third-order valence-electron chi connectivity index (χ3n) is 2.42. The van der Waals surface area contributed by atoms with Crippen molar-refractivity contribution in [1.29, 1.82) is 0 Å². The van der Waals surface area contributed by atoms with Gasteiger partial charge in [0.15, 0.2) is 9.84 Å². The van der Waals surface area contributed by atoms with Crippen LogP contribution in [0.15, 0.2) is 12.4 Å². The van der Waals surface area contributed by atoms with Crippen molar-refractivity contribution in [2.45, 2.75) is 19.1 Å². The van der Waals surface area contributed by atoms with Gasteiger partial charge >= 0.3 is 0 Å². The second-order valence-electron chi connectivity index (χ2n) is 3.54. The average Bonchev–Trinajstić information content (AvgIpc) is 2.70. The number of aromatic nitrogens is 2. The van der Waals surface area contributed by atoms with Crippen LogP contribution in [0, 0.1) is 0 Å². The molecule has 6 heteroatoms. The summed E-state index contributed by atoms with van der Waals surface area (Å²) >= 11 is 0. The van der Waals surface area contributed by atoms with Gasteiger partial charge in [0, 0.05) is 11.8 Å². The second kappa shape index (κ2) is 3.36. The summed E-state index contributed by atoms with van der Waals surface area (Å²) in [6, 6.07) is -0.0553. The molecule has 0 spiro atoms. The molecule has 14 heavy (non-hydrogen) atoms.